The first-order chi connectivity index (χ1) is 2.73. The fraction of sp³-hybridized carbons (Fsp3) is 0. The van der Waals surface area contributed by atoms with E-state index in [0.29, 0.717) is 0 Å². The Labute approximate surface area is 69.3 Å². The number of halogens is 4. The third-order valence-electron chi connectivity index (χ3n) is 0. The first kappa shape index (κ1) is 11.2. The van der Waals surface area contributed by atoms with Crippen molar-refractivity contribution in [2.45, 2.75) is 0 Å². The molecule has 0 nitrogen and oxygen atoms in total. The van der Waals surface area contributed by atoms with E-state index in [-0.39, 0.29) is 0 Å². The van der Waals surface area contributed by atoms with Crippen molar-refractivity contribution in [3.8, 4) is 0 Å². The van der Waals surface area contributed by atoms with Gasteiger partial charge in [0.25, 0.3) is 0 Å². The Morgan fingerprint density at radius 1 is 1.00 bits per heavy atom. The van der Waals surface area contributed by atoms with Crippen LogP contribution in [-0.2, 0) is 30.5 Å². The van der Waals surface area contributed by atoms with Gasteiger partial charge in [-0.1, -0.05) is 0 Å². The Balaban J connectivity index is 0. The van der Waals surface area contributed by atoms with Gasteiger partial charge in [-0.3, -0.25) is 0 Å². The summed E-state index contributed by atoms with van der Waals surface area (Å²) in [5.41, 5.74) is 0. The van der Waals surface area contributed by atoms with Crippen LogP contribution in [0.3, 0.4) is 0 Å². The minimum atomic E-state index is -1.33. The Bertz CT molecular complexity index is 12.3. The van der Waals surface area contributed by atoms with Crippen molar-refractivity contribution in [3.63, 3.8) is 0 Å². The van der Waals surface area contributed by atoms with Gasteiger partial charge >= 0.3 is 70.1 Å². The summed E-state index contributed by atoms with van der Waals surface area (Å²) in [7, 11) is 19.3. The second-order valence-corrected chi connectivity index (χ2v) is 5.62. The van der Waals surface area contributed by atoms with Crippen molar-refractivity contribution >= 4 is 39.6 Å². The minimum absolute atomic E-state index is 1.33. The van der Waals surface area contributed by atoms with Gasteiger partial charge < -0.3 is 0 Å². The molecule has 0 atom stereocenters. The Morgan fingerprint density at radius 3 is 1.00 bits per heavy atom. The van der Waals surface area contributed by atoms with Crippen molar-refractivity contribution in [1.82, 2.24) is 0 Å². The molecule has 0 radical (unpaired) electrons. The molecule has 0 heterocycles. The van der Waals surface area contributed by atoms with E-state index in [4.69, 9.17) is 30.3 Å². The van der Waals surface area contributed by atoms with Crippen LogP contribution in [0.1, 0.15) is 0 Å². The Morgan fingerprint density at radius 2 is 1.00 bits per heavy atom. The molecule has 0 bridgehead atoms. The fourth-order valence-corrected chi connectivity index (χ4v) is 0. The van der Waals surface area contributed by atoms with Crippen LogP contribution in [0.2, 0.25) is 0 Å². The van der Waals surface area contributed by atoms with E-state index >= 15 is 0 Å². The molecule has 0 fully saturated rings. The van der Waals surface area contributed by atoms with Gasteiger partial charge in [0.2, 0.25) is 0 Å². The van der Waals surface area contributed by atoms with Crippen LogP contribution in [0.15, 0.2) is 0 Å². The number of rotatable bonds is 0. The van der Waals surface area contributed by atoms with Gasteiger partial charge in [-0.25, -0.2) is 0 Å². The summed E-state index contributed by atoms with van der Waals surface area (Å²) in [6.45, 7) is 0. The van der Waals surface area contributed by atoms with Crippen LogP contribution in [0.25, 0.3) is 0 Å². The summed E-state index contributed by atoms with van der Waals surface area (Å²) in [6, 6.07) is 0. The van der Waals surface area contributed by atoms with Gasteiger partial charge in [-0.15, -0.1) is 0 Å². The van der Waals surface area contributed by atoms with Crippen LogP contribution in [-0.4, -0.2) is 0 Å². The van der Waals surface area contributed by atoms with Gasteiger partial charge in [-0.2, -0.15) is 0 Å². The molecular weight excluding hydrogens is 246 g/mol. The average Bonchev–Trinajstić information content (AvgIpc) is 1.41. The molecule has 0 aromatic rings. The van der Waals surface area contributed by atoms with E-state index in [2.05, 4.69) is 9.30 Å². The first-order valence-corrected chi connectivity index (χ1v) is 7.30. The van der Waals surface area contributed by atoms with Gasteiger partial charge in [0.05, 0.1) is 0 Å². The molecule has 40 valence electrons. The molecule has 0 aliphatic rings. The summed E-state index contributed by atoms with van der Waals surface area (Å²) >= 11 is 0.139. The van der Waals surface area contributed by atoms with E-state index in [1.54, 1.807) is 0 Å². The monoisotopic (exact) mass is 244 g/mol. The summed E-state index contributed by atoms with van der Waals surface area (Å²) in [4.78, 5) is 0. The molecule has 0 rings (SSSR count). The van der Waals surface area contributed by atoms with E-state index < -0.39 is 11.2 Å². The fourth-order valence-electron chi connectivity index (χ4n) is 0. The first-order valence-electron chi connectivity index (χ1n) is 0.590. The normalized spacial score (nSPS) is 8.17. The summed E-state index contributed by atoms with van der Waals surface area (Å²) in [6.07, 6.45) is 0. The van der Waals surface area contributed by atoms with Crippen LogP contribution in [0, 0.1) is 0 Å². The molecule has 0 aliphatic heterocycles. The molecule has 0 aromatic carbocycles. The number of hydrogen-bond donors (Lipinski definition) is 0. The van der Waals surface area contributed by atoms with E-state index in [1.807, 2.05) is 0 Å². The van der Waals surface area contributed by atoms with E-state index in [1.165, 1.54) is 19.4 Å². The predicted molar refractivity (Wildman–Crippen MR) is 23.4 cm³/mol. The van der Waals surface area contributed by atoms with Crippen molar-refractivity contribution < 1.29 is 30.5 Å². The SMILES string of the molecule is [Cl][Fe]([Cl])[Cl].[Cl][Ti]. The second kappa shape index (κ2) is 10.4. The third-order valence-corrected chi connectivity index (χ3v) is 0. The van der Waals surface area contributed by atoms with Crippen LogP contribution in [0.4, 0.5) is 0 Å². The average molecular weight is 246 g/mol. The van der Waals surface area contributed by atoms with Gasteiger partial charge in [0, 0.05) is 0 Å². The van der Waals surface area contributed by atoms with Crippen molar-refractivity contribution in [2.75, 3.05) is 0 Å². The van der Waals surface area contributed by atoms with Crippen LogP contribution in [0.5, 0.6) is 0 Å². The Kier molecular flexibility index (Phi) is 19.4. The summed E-state index contributed by atoms with van der Waals surface area (Å²) < 4.78 is 0. The molecule has 0 spiro atoms. The zero-order valence-corrected chi connectivity index (χ0v) is 8.05. The topological polar surface area (TPSA) is 0 Å². The summed E-state index contributed by atoms with van der Waals surface area (Å²) in [5.74, 6) is 0. The van der Waals surface area contributed by atoms with Crippen molar-refractivity contribution in [2.24, 2.45) is 0 Å². The van der Waals surface area contributed by atoms with Gasteiger partial charge in [0.15, 0.2) is 0 Å². The zero-order valence-electron chi connectivity index (χ0n) is 2.37. The van der Waals surface area contributed by atoms with Crippen LogP contribution >= 0.6 is 39.6 Å². The number of hydrogen-bond acceptors (Lipinski definition) is 0. The van der Waals surface area contributed by atoms with Crippen molar-refractivity contribution in [1.29, 1.82) is 0 Å². The second-order valence-electron chi connectivity index (χ2n) is 0.152. The van der Waals surface area contributed by atoms with Crippen LogP contribution < -0.4 is 0 Å². The molecule has 6 heavy (non-hydrogen) atoms. The maximum atomic E-state index is 4.89. The van der Waals surface area contributed by atoms with Gasteiger partial charge in [-0.05, 0) is 0 Å². The van der Waals surface area contributed by atoms with E-state index in [0.717, 1.165) is 0 Å². The quantitative estimate of drug-likeness (QED) is 0.576. The maximum absolute atomic E-state index is 4.89. The third kappa shape index (κ3) is 32.5. The summed E-state index contributed by atoms with van der Waals surface area (Å²) in [5, 5.41) is 0. The molecule has 6 heteroatoms. The predicted octanol–water partition coefficient (Wildman–Crippen LogP) is 2.75. The molecule has 0 saturated heterocycles. The molecule has 0 N–H and O–H groups in total. The standard InChI is InChI=1S/4ClH.Fe.Ti/h4*1H;;/q;;;;+3;+1/p-4. The molecule has 0 aromatic heterocycles. The zero-order chi connectivity index (χ0) is 5.58. The molecule has 0 amide bonds. The molecule has 0 saturated carbocycles. The molecular formula is Cl4FeTi. The molecule has 0 unspecified atom stereocenters. The Hall–Kier alpha value is 2.39. The van der Waals surface area contributed by atoms with E-state index in [9.17, 15) is 0 Å². The van der Waals surface area contributed by atoms with Gasteiger partial charge in [0.1, 0.15) is 0 Å². The van der Waals surface area contributed by atoms with Crippen molar-refractivity contribution in [3.05, 3.63) is 0 Å². The molecule has 0 aliphatic carbocycles.